The van der Waals surface area contributed by atoms with Gasteiger partial charge in [-0.1, -0.05) is 59.6 Å². The van der Waals surface area contributed by atoms with Crippen molar-refractivity contribution in [1.82, 2.24) is 15.1 Å². The Hall–Kier alpha value is -3.58. The molecule has 1 heterocycles. The molecule has 0 aliphatic heterocycles. The Morgan fingerprint density at radius 1 is 1.00 bits per heavy atom. The second kappa shape index (κ2) is 9.11. The van der Waals surface area contributed by atoms with Crippen LogP contribution in [0.2, 0.25) is 5.02 Å². The van der Waals surface area contributed by atoms with Gasteiger partial charge in [0, 0.05) is 12.1 Å². The first-order valence-corrected chi connectivity index (χ1v) is 10.5. The van der Waals surface area contributed by atoms with Crippen LogP contribution in [0.5, 0.6) is 0 Å². The molecule has 4 nitrogen and oxygen atoms in total. The third-order valence-corrected chi connectivity index (χ3v) is 5.41. The minimum absolute atomic E-state index is 0.0662. The highest BCUT2D eigenvalue weighted by atomic mass is 35.5. The molecule has 0 atom stereocenters. The first-order valence-electron chi connectivity index (χ1n) is 10.1. The number of carbonyl (C=O) groups is 1. The van der Waals surface area contributed by atoms with Crippen LogP contribution in [0, 0.1) is 6.92 Å². The molecule has 0 fully saturated rings. The van der Waals surface area contributed by atoms with Crippen molar-refractivity contribution in [3.05, 3.63) is 106 Å². The lowest BCUT2D eigenvalue weighted by molar-refractivity contribution is -0.137. The maximum Gasteiger partial charge on any atom is 0.416 e. The Labute approximate surface area is 193 Å². The second-order valence-corrected chi connectivity index (χ2v) is 7.93. The zero-order valence-electron chi connectivity index (χ0n) is 17.5. The van der Waals surface area contributed by atoms with E-state index in [0.717, 1.165) is 17.7 Å². The van der Waals surface area contributed by atoms with E-state index in [1.807, 2.05) is 37.3 Å². The van der Waals surface area contributed by atoms with Gasteiger partial charge in [0.1, 0.15) is 5.69 Å². The van der Waals surface area contributed by atoms with Crippen molar-refractivity contribution in [3.63, 3.8) is 0 Å². The van der Waals surface area contributed by atoms with Crippen molar-refractivity contribution in [2.75, 3.05) is 0 Å². The van der Waals surface area contributed by atoms with Crippen LogP contribution in [0.1, 0.15) is 27.2 Å². The number of rotatable bonds is 5. The summed E-state index contributed by atoms with van der Waals surface area (Å²) in [7, 11) is 0. The molecular weight excluding hydrogens is 451 g/mol. The summed E-state index contributed by atoms with van der Waals surface area (Å²) < 4.78 is 40.5. The molecule has 0 spiro atoms. The molecule has 0 saturated carbocycles. The lowest BCUT2D eigenvalue weighted by atomic mass is 10.1. The average molecular weight is 470 g/mol. The zero-order chi connectivity index (χ0) is 23.6. The number of benzene rings is 3. The normalized spacial score (nSPS) is 11.4. The molecule has 4 aromatic rings. The van der Waals surface area contributed by atoms with Gasteiger partial charge >= 0.3 is 6.18 Å². The van der Waals surface area contributed by atoms with E-state index in [1.54, 1.807) is 24.3 Å². The summed E-state index contributed by atoms with van der Waals surface area (Å²) in [5, 5.41) is 7.77. The molecule has 0 saturated heterocycles. The Morgan fingerprint density at radius 2 is 1.73 bits per heavy atom. The highest BCUT2D eigenvalue weighted by Crippen LogP contribution is 2.30. The Bertz CT molecular complexity index is 1300. The van der Waals surface area contributed by atoms with E-state index in [2.05, 4.69) is 10.4 Å². The summed E-state index contributed by atoms with van der Waals surface area (Å²) in [6, 6.07) is 21.1. The Kier molecular flexibility index (Phi) is 6.24. The molecule has 3 aromatic carbocycles. The highest BCUT2D eigenvalue weighted by molar-refractivity contribution is 6.33. The van der Waals surface area contributed by atoms with Gasteiger partial charge in [-0.15, -0.1) is 0 Å². The fourth-order valence-corrected chi connectivity index (χ4v) is 3.59. The van der Waals surface area contributed by atoms with Crippen molar-refractivity contribution >= 4 is 17.5 Å². The molecule has 4 rings (SSSR count). The van der Waals surface area contributed by atoms with Gasteiger partial charge < -0.3 is 5.32 Å². The molecule has 1 aromatic heterocycles. The van der Waals surface area contributed by atoms with E-state index in [9.17, 15) is 18.0 Å². The van der Waals surface area contributed by atoms with Gasteiger partial charge in [-0.3, -0.25) is 4.79 Å². The topological polar surface area (TPSA) is 46.9 Å². The molecule has 168 valence electrons. The molecule has 8 heteroatoms. The smallest absolute Gasteiger partial charge is 0.347 e. The van der Waals surface area contributed by atoms with E-state index in [0.29, 0.717) is 27.5 Å². The largest absolute Gasteiger partial charge is 0.416 e. The summed E-state index contributed by atoms with van der Waals surface area (Å²) >= 11 is 6.32. The van der Waals surface area contributed by atoms with E-state index < -0.39 is 17.6 Å². The van der Waals surface area contributed by atoms with Gasteiger partial charge in [0.15, 0.2) is 0 Å². The molecular formula is C25H19ClF3N3O. The number of hydrogen-bond acceptors (Lipinski definition) is 2. The fourth-order valence-electron chi connectivity index (χ4n) is 3.36. The molecule has 0 unspecified atom stereocenters. The average Bonchev–Trinajstić information content (AvgIpc) is 3.23. The molecule has 1 amide bonds. The summed E-state index contributed by atoms with van der Waals surface area (Å²) in [5.74, 6) is -0.473. The Balaban J connectivity index is 1.66. The molecule has 0 bridgehead atoms. The number of aryl methyl sites for hydroxylation is 1. The van der Waals surface area contributed by atoms with Crippen LogP contribution < -0.4 is 5.32 Å². The number of nitrogens with zero attached hydrogens (tertiary/aromatic N) is 2. The summed E-state index contributed by atoms with van der Waals surface area (Å²) in [4.78, 5) is 13.1. The predicted molar refractivity (Wildman–Crippen MR) is 121 cm³/mol. The van der Waals surface area contributed by atoms with Crippen molar-refractivity contribution in [2.45, 2.75) is 19.6 Å². The second-order valence-electron chi connectivity index (χ2n) is 7.52. The minimum Gasteiger partial charge on any atom is -0.347 e. The maximum atomic E-state index is 13.1. The molecule has 0 aliphatic rings. The quantitative estimate of drug-likeness (QED) is 0.365. The molecule has 0 aliphatic carbocycles. The highest BCUT2D eigenvalue weighted by Gasteiger charge is 2.30. The predicted octanol–water partition coefficient (Wildman–Crippen LogP) is 6.45. The van der Waals surface area contributed by atoms with Crippen LogP contribution in [0.4, 0.5) is 13.2 Å². The third kappa shape index (κ3) is 5.09. The molecule has 0 radical (unpaired) electrons. The molecule has 33 heavy (non-hydrogen) atoms. The first kappa shape index (κ1) is 22.6. The van der Waals surface area contributed by atoms with E-state index in [1.165, 1.54) is 16.8 Å². The molecule has 1 N–H and O–H groups in total. The number of nitrogens with one attached hydrogen (secondary N) is 1. The third-order valence-electron chi connectivity index (χ3n) is 5.08. The zero-order valence-corrected chi connectivity index (χ0v) is 18.3. The van der Waals surface area contributed by atoms with Crippen LogP contribution in [0.3, 0.4) is 0 Å². The van der Waals surface area contributed by atoms with Gasteiger partial charge in [0.05, 0.1) is 22.0 Å². The Morgan fingerprint density at radius 3 is 2.42 bits per heavy atom. The SMILES string of the molecule is Cc1ccc(-n2nc(-c3ccccc3Cl)cc2C(=O)NCc2cccc(C(F)(F)F)c2)cc1. The van der Waals surface area contributed by atoms with Gasteiger partial charge in [-0.25, -0.2) is 4.68 Å². The number of hydrogen-bond donors (Lipinski definition) is 1. The summed E-state index contributed by atoms with van der Waals surface area (Å²) in [5.41, 5.74) is 2.70. The van der Waals surface area contributed by atoms with E-state index in [4.69, 9.17) is 11.6 Å². The lowest BCUT2D eigenvalue weighted by Crippen LogP contribution is -2.25. The van der Waals surface area contributed by atoms with E-state index in [-0.39, 0.29) is 12.2 Å². The summed E-state index contributed by atoms with van der Waals surface area (Å²) in [6.45, 7) is 1.88. The van der Waals surface area contributed by atoms with E-state index >= 15 is 0 Å². The van der Waals surface area contributed by atoms with Crippen LogP contribution >= 0.6 is 11.6 Å². The number of amides is 1. The number of halogens is 4. The van der Waals surface area contributed by atoms with Crippen LogP contribution in [-0.2, 0) is 12.7 Å². The monoisotopic (exact) mass is 469 g/mol. The number of aromatic nitrogens is 2. The van der Waals surface area contributed by atoms with Gasteiger partial charge in [-0.2, -0.15) is 18.3 Å². The number of carbonyl (C=O) groups excluding carboxylic acids is 1. The lowest BCUT2D eigenvalue weighted by Gasteiger charge is -2.11. The fraction of sp³-hybridized carbons (Fsp3) is 0.120. The first-order chi connectivity index (χ1) is 15.7. The van der Waals surface area contributed by atoms with Crippen molar-refractivity contribution in [3.8, 4) is 16.9 Å². The van der Waals surface area contributed by atoms with Crippen LogP contribution in [0.25, 0.3) is 16.9 Å². The van der Waals surface area contributed by atoms with Crippen molar-refractivity contribution < 1.29 is 18.0 Å². The van der Waals surface area contributed by atoms with Crippen molar-refractivity contribution in [1.29, 1.82) is 0 Å². The van der Waals surface area contributed by atoms with Crippen LogP contribution in [-0.4, -0.2) is 15.7 Å². The number of alkyl halides is 3. The van der Waals surface area contributed by atoms with Crippen LogP contribution in [0.15, 0.2) is 78.9 Å². The van der Waals surface area contributed by atoms with Crippen molar-refractivity contribution in [2.24, 2.45) is 0 Å². The summed E-state index contributed by atoms with van der Waals surface area (Å²) in [6.07, 6.45) is -4.45. The van der Waals surface area contributed by atoms with Gasteiger partial charge in [-0.05, 0) is 48.9 Å². The standard InChI is InChI=1S/C25H19ClF3N3O/c1-16-9-11-19(12-10-16)32-23(14-22(31-32)20-7-2-3-8-21(20)26)24(33)30-15-17-5-4-6-18(13-17)25(27,28)29/h2-14H,15H2,1H3,(H,30,33). The van der Waals surface area contributed by atoms with Gasteiger partial charge in [0.25, 0.3) is 5.91 Å². The van der Waals surface area contributed by atoms with Gasteiger partial charge in [0.2, 0.25) is 0 Å². The minimum atomic E-state index is -4.45. The maximum absolute atomic E-state index is 13.1.